The molecule has 0 atom stereocenters. The summed E-state index contributed by atoms with van der Waals surface area (Å²) in [5, 5.41) is 16.6. The molecule has 0 spiro atoms. The van der Waals surface area contributed by atoms with Gasteiger partial charge in [0, 0.05) is 39.6 Å². The van der Waals surface area contributed by atoms with Gasteiger partial charge in [0.2, 0.25) is 5.91 Å². The fourth-order valence-electron chi connectivity index (χ4n) is 3.76. The Bertz CT molecular complexity index is 1240. The van der Waals surface area contributed by atoms with Crippen molar-refractivity contribution in [1.29, 1.82) is 0 Å². The average Bonchev–Trinajstić information content (AvgIpc) is 3.36. The number of carbonyl (C=O) groups excluding carboxylic acids is 1. The quantitative estimate of drug-likeness (QED) is 0.514. The molecule has 1 fully saturated rings. The first-order valence-corrected chi connectivity index (χ1v) is 10.4. The Labute approximate surface area is 187 Å². The number of benzene rings is 2. The van der Waals surface area contributed by atoms with Crippen LogP contribution in [0.2, 0.25) is 5.02 Å². The third-order valence-corrected chi connectivity index (χ3v) is 5.86. The van der Waals surface area contributed by atoms with Gasteiger partial charge in [-0.2, -0.15) is 5.10 Å². The molecule has 1 aromatic heterocycles. The summed E-state index contributed by atoms with van der Waals surface area (Å²) in [6, 6.07) is 6.37. The van der Waals surface area contributed by atoms with Crippen molar-refractivity contribution in [3.63, 3.8) is 0 Å². The van der Waals surface area contributed by atoms with E-state index in [0.717, 1.165) is 12.1 Å². The molecular formula is C23H20ClF2N3O3. The zero-order valence-corrected chi connectivity index (χ0v) is 18.1. The zero-order valence-electron chi connectivity index (χ0n) is 17.3. The maximum absolute atomic E-state index is 15.0. The number of amides is 1. The number of anilines is 1. The van der Waals surface area contributed by atoms with Crippen LogP contribution >= 0.6 is 11.6 Å². The number of nitrogens with zero attached hydrogens (tertiary/aromatic N) is 2. The molecule has 1 aliphatic carbocycles. The second kappa shape index (κ2) is 8.02. The second-order valence-corrected chi connectivity index (χ2v) is 8.59. The maximum Gasteiger partial charge on any atom is 0.336 e. The van der Waals surface area contributed by atoms with E-state index in [2.05, 4.69) is 10.4 Å². The number of aromatic carboxylic acids is 1. The van der Waals surface area contributed by atoms with Crippen molar-refractivity contribution in [3.05, 3.63) is 70.5 Å². The van der Waals surface area contributed by atoms with E-state index in [0.29, 0.717) is 18.4 Å². The molecule has 6 nitrogen and oxygen atoms in total. The van der Waals surface area contributed by atoms with Crippen molar-refractivity contribution < 1.29 is 23.5 Å². The molecule has 4 rings (SSSR count). The first-order valence-electron chi connectivity index (χ1n) is 10.0. The molecule has 1 aliphatic rings. The van der Waals surface area contributed by atoms with Crippen LogP contribution in [0.3, 0.4) is 0 Å². The van der Waals surface area contributed by atoms with E-state index in [-0.39, 0.29) is 33.4 Å². The average molecular weight is 460 g/mol. The summed E-state index contributed by atoms with van der Waals surface area (Å²) < 4.78 is 31.0. The standard InChI is InChI=1S/C23H20ClF2N3O3/c1-12(2)29-11-13(10-27-29)20-16(21(30)31)8-15(9-19(20)26)28-22(32)23(5-6-23)17-4-3-14(24)7-18(17)25/h3-4,7-12H,5-6H2,1-2H3,(H,28,32)(H,30,31). The summed E-state index contributed by atoms with van der Waals surface area (Å²) in [7, 11) is 0. The van der Waals surface area contributed by atoms with Gasteiger partial charge in [-0.25, -0.2) is 13.6 Å². The van der Waals surface area contributed by atoms with Crippen molar-refractivity contribution >= 4 is 29.2 Å². The number of nitrogens with one attached hydrogen (secondary N) is 1. The van der Waals surface area contributed by atoms with Gasteiger partial charge in [0.25, 0.3) is 0 Å². The van der Waals surface area contributed by atoms with Crippen molar-refractivity contribution in [1.82, 2.24) is 9.78 Å². The second-order valence-electron chi connectivity index (χ2n) is 8.15. The van der Waals surface area contributed by atoms with E-state index in [1.54, 1.807) is 10.9 Å². The van der Waals surface area contributed by atoms with Crippen LogP contribution < -0.4 is 5.32 Å². The van der Waals surface area contributed by atoms with Crippen LogP contribution in [-0.2, 0) is 10.2 Å². The van der Waals surface area contributed by atoms with Crippen LogP contribution in [0.15, 0.2) is 42.7 Å². The van der Waals surface area contributed by atoms with E-state index in [1.165, 1.54) is 24.4 Å². The summed E-state index contributed by atoms with van der Waals surface area (Å²) >= 11 is 5.80. The molecule has 0 radical (unpaired) electrons. The molecule has 1 amide bonds. The predicted molar refractivity (Wildman–Crippen MR) is 116 cm³/mol. The first-order chi connectivity index (χ1) is 15.1. The van der Waals surface area contributed by atoms with Gasteiger partial charge >= 0.3 is 5.97 Å². The van der Waals surface area contributed by atoms with E-state index >= 15 is 4.39 Å². The van der Waals surface area contributed by atoms with Crippen LogP contribution in [0.25, 0.3) is 11.1 Å². The van der Waals surface area contributed by atoms with E-state index in [4.69, 9.17) is 11.6 Å². The summed E-state index contributed by atoms with van der Waals surface area (Å²) in [6.45, 7) is 3.78. The monoisotopic (exact) mass is 459 g/mol. The van der Waals surface area contributed by atoms with Gasteiger partial charge in [-0.1, -0.05) is 17.7 Å². The molecule has 1 heterocycles. The minimum absolute atomic E-state index is 0.0154. The largest absolute Gasteiger partial charge is 0.478 e. The van der Waals surface area contributed by atoms with Gasteiger partial charge in [0.1, 0.15) is 11.6 Å². The fourth-order valence-corrected chi connectivity index (χ4v) is 3.92. The van der Waals surface area contributed by atoms with Gasteiger partial charge < -0.3 is 10.4 Å². The lowest BCUT2D eigenvalue weighted by Gasteiger charge is -2.18. The Kier molecular flexibility index (Phi) is 5.50. The third-order valence-electron chi connectivity index (χ3n) is 5.63. The molecule has 0 saturated heterocycles. The summed E-state index contributed by atoms with van der Waals surface area (Å²) in [6.07, 6.45) is 3.79. The number of hydrogen-bond acceptors (Lipinski definition) is 3. The molecule has 3 aromatic rings. The molecule has 2 N–H and O–H groups in total. The van der Waals surface area contributed by atoms with Crippen LogP contribution in [0, 0.1) is 11.6 Å². The summed E-state index contributed by atoms with van der Waals surface area (Å²) in [5.41, 5.74) is -1.03. The van der Waals surface area contributed by atoms with Crippen LogP contribution in [0.5, 0.6) is 0 Å². The fraction of sp³-hybridized carbons (Fsp3) is 0.261. The summed E-state index contributed by atoms with van der Waals surface area (Å²) in [5.74, 6) is -3.29. The molecule has 0 aliphatic heterocycles. The Morgan fingerprint density at radius 2 is 1.91 bits per heavy atom. The third kappa shape index (κ3) is 3.86. The molecule has 2 aromatic carbocycles. The summed E-state index contributed by atoms with van der Waals surface area (Å²) in [4.78, 5) is 24.8. The van der Waals surface area contributed by atoms with Crippen LogP contribution in [-0.4, -0.2) is 26.8 Å². The Balaban J connectivity index is 1.67. The highest BCUT2D eigenvalue weighted by Gasteiger charge is 2.52. The van der Waals surface area contributed by atoms with E-state index in [9.17, 15) is 19.1 Å². The number of rotatable bonds is 6. The van der Waals surface area contributed by atoms with Crippen molar-refractivity contribution in [2.45, 2.75) is 38.1 Å². The number of carboxylic acid groups (broad SMARTS) is 1. The molecular weight excluding hydrogens is 440 g/mol. The maximum atomic E-state index is 15.0. The lowest BCUT2D eigenvalue weighted by molar-refractivity contribution is -0.118. The van der Waals surface area contributed by atoms with Gasteiger partial charge in [0.05, 0.1) is 17.2 Å². The lowest BCUT2D eigenvalue weighted by atomic mass is 9.94. The molecule has 1 saturated carbocycles. The van der Waals surface area contributed by atoms with Crippen molar-refractivity contribution in [2.24, 2.45) is 0 Å². The SMILES string of the molecule is CC(C)n1cc(-c2c(F)cc(NC(=O)C3(c4ccc(Cl)cc4F)CC3)cc2C(=O)O)cn1. The number of carboxylic acids is 1. The van der Waals surface area contributed by atoms with Crippen LogP contribution in [0.4, 0.5) is 14.5 Å². The molecule has 0 unspecified atom stereocenters. The number of halogens is 3. The van der Waals surface area contributed by atoms with Crippen LogP contribution in [0.1, 0.15) is 48.7 Å². The molecule has 166 valence electrons. The van der Waals surface area contributed by atoms with E-state index in [1.807, 2.05) is 13.8 Å². The van der Waals surface area contributed by atoms with Crippen molar-refractivity contribution in [2.75, 3.05) is 5.32 Å². The topological polar surface area (TPSA) is 84.2 Å². The number of carbonyl (C=O) groups is 2. The molecule has 32 heavy (non-hydrogen) atoms. The Morgan fingerprint density at radius 3 is 2.47 bits per heavy atom. The van der Waals surface area contributed by atoms with Crippen molar-refractivity contribution in [3.8, 4) is 11.1 Å². The smallest absolute Gasteiger partial charge is 0.336 e. The highest BCUT2D eigenvalue weighted by atomic mass is 35.5. The van der Waals surface area contributed by atoms with Gasteiger partial charge in [-0.05, 0) is 51.0 Å². The Morgan fingerprint density at radius 1 is 1.19 bits per heavy atom. The number of aromatic nitrogens is 2. The normalized spacial score (nSPS) is 14.4. The Hall–Kier alpha value is -3.26. The minimum Gasteiger partial charge on any atom is -0.478 e. The molecule has 0 bridgehead atoms. The number of hydrogen-bond donors (Lipinski definition) is 2. The molecule has 9 heteroatoms. The van der Waals surface area contributed by atoms with Gasteiger partial charge in [-0.15, -0.1) is 0 Å². The lowest BCUT2D eigenvalue weighted by Crippen LogP contribution is -2.29. The zero-order chi connectivity index (χ0) is 23.2. The van der Waals surface area contributed by atoms with E-state index < -0.39 is 28.9 Å². The minimum atomic E-state index is -1.35. The van der Waals surface area contributed by atoms with Gasteiger partial charge in [-0.3, -0.25) is 9.48 Å². The predicted octanol–water partition coefficient (Wildman–Crippen LogP) is 5.43. The highest BCUT2D eigenvalue weighted by molar-refractivity contribution is 6.30. The van der Waals surface area contributed by atoms with Gasteiger partial charge in [0.15, 0.2) is 0 Å². The first kappa shape index (κ1) is 22.0. The highest BCUT2D eigenvalue weighted by Crippen LogP contribution is 2.50.